The van der Waals surface area contributed by atoms with Gasteiger partial charge in [-0.05, 0) is 29.5 Å². The predicted molar refractivity (Wildman–Crippen MR) is 156 cm³/mol. The Hall–Kier alpha value is -3.68. The first-order chi connectivity index (χ1) is 19.5. The lowest BCUT2D eigenvalue weighted by Crippen LogP contribution is -2.42. The predicted octanol–water partition coefficient (Wildman–Crippen LogP) is 4.94. The molecule has 3 aromatic carbocycles. The summed E-state index contributed by atoms with van der Waals surface area (Å²) >= 11 is 0. The van der Waals surface area contributed by atoms with E-state index in [0.717, 1.165) is 41.6 Å². The molecule has 0 fully saturated rings. The summed E-state index contributed by atoms with van der Waals surface area (Å²) < 4.78 is 17.3. The molecule has 1 aromatic heterocycles. The minimum Gasteiger partial charge on any atom is -0.355 e. The van der Waals surface area contributed by atoms with Crippen molar-refractivity contribution in [2.75, 3.05) is 13.2 Å². The Bertz CT molecular complexity index is 1250. The van der Waals surface area contributed by atoms with Crippen LogP contribution >= 0.6 is 8.25 Å². The Morgan fingerprint density at radius 2 is 1.43 bits per heavy atom. The fourth-order valence-electron chi connectivity index (χ4n) is 5.02. The second-order valence-corrected chi connectivity index (χ2v) is 10.4. The quantitative estimate of drug-likeness (QED) is 0.108. The van der Waals surface area contributed by atoms with E-state index in [1.807, 2.05) is 67.1 Å². The van der Waals surface area contributed by atoms with Crippen molar-refractivity contribution in [2.24, 2.45) is 5.73 Å². The van der Waals surface area contributed by atoms with Crippen LogP contribution in [0.5, 0.6) is 0 Å². The molecule has 0 aliphatic rings. The van der Waals surface area contributed by atoms with E-state index in [2.05, 4.69) is 55.8 Å². The summed E-state index contributed by atoms with van der Waals surface area (Å²) in [5.74, 6) is -0.212. The highest BCUT2D eigenvalue weighted by molar-refractivity contribution is 7.32. The summed E-state index contributed by atoms with van der Waals surface area (Å²) in [6, 6.07) is 30.3. The third-order valence-corrected chi connectivity index (χ3v) is 7.34. The van der Waals surface area contributed by atoms with Crippen molar-refractivity contribution >= 4 is 14.2 Å². The lowest BCUT2D eigenvalue weighted by molar-refractivity contribution is -0.122. The molecule has 1 heterocycles. The number of nitrogens with zero attached hydrogens (tertiary/aromatic N) is 2. The van der Waals surface area contributed by atoms with E-state index in [4.69, 9.17) is 10.6 Å². The molecule has 0 saturated heterocycles. The number of nitrogens with one attached hydrogen (secondary N) is 1. The molecule has 9 heteroatoms. The van der Waals surface area contributed by atoms with E-state index in [9.17, 15) is 9.36 Å². The van der Waals surface area contributed by atoms with Crippen LogP contribution < -0.4 is 11.1 Å². The van der Waals surface area contributed by atoms with Crippen LogP contribution in [-0.4, -0.2) is 39.5 Å². The summed E-state index contributed by atoms with van der Waals surface area (Å²) in [5.41, 5.74) is 9.62. The van der Waals surface area contributed by atoms with E-state index < -0.39 is 19.8 Å². The van der Waals surface area contributed by atoms with Gasteiger partial charge in [-0.1, -0.05) is 104 Å². The maximum absolute atomic E-state index is 12.7. The average Bonchev–Trinajstić information content (AvgIpc) is 3.44. The number of benzene rings is 3. The van der Waals surface area contributed by atoms with Gasteiger partial charge in [-0.25, -0.2) is 4.98 Å². The van der Waals surface area contributed by atoms with Gasteiger partial charge in [0.2, 0.25) is 5.91 Å². The van der Waals surface area contributed by atoms with E-state index >= 15 is 0 Å². The molecular formula is C31H36N4O4P+. The summed E-state index contributed by atoms with van der Waals surface area (Å²) in [6.45, 7) is 0.783. The largest absolute Gasteiger partial charge is 0.694 e. The van der Waals surface area contributed by atoms with Gasteiger partial charge < -0.3 is 15.6 Å². The van der Waals surface area contributed by atoms with Crippen molar-refractivity contribution in [2.45, 2.75) is 43.7 Å². The molecule has 8 nitrogen and oxygen atoms in total. The second kappa shape index (κ2) is 14.6. The SMILES string of the molecule is N[C@@H](Cc1cn(C(c2ccccc2)(c2ccccc2)c2ccccc2)cn1)C(=O)NCCCCCCO[P+](=O)O. The number of hydrogen-bond donors (Lipinski definition) is 3. The lowest BCUT2D eigenvalue weighted by atomic mass is 9.77. The molecule has 4 aromatic rings. The number of nitrogens with two attached hydrogens (primary N) is 1. The number of unbranched alkanes of at least 4 members (excludes halogenated alkanes) is 3. The highest BCUT2D eigenvalue weighted by Gasteiger charge is 2.38. The van der Waals surface area contributed by atoms with Crippen molar-refractivity contribution in [3.8, 4) is 0 Å². The average molecular weight is 560 g/mol. The fraction of sp³-hybridized carbons (Fsp3) is 0.290. The van der Waals surface area contributed by atoms with Crippen molar-refractivity contribution in [3.05, 3.63) is 126 Å². The zero-order chi connectivity index (χ0) is 28.2. The zero-order valence-electron chi connectivity index (χ0n) is 22.4. The zero-order valence-corrected chi connectivity index (χ0v) is 23.3. The van der Waals surface area contributed by atoms with E-state index in [1.165, 1.54) is 0 Å². The fourth-order valence-corrected chi connectivity index (χ4v) is 5.31. The molecular weight excluding hydrogens is 523 g/mol. The van der Waals surface area contributed by atoms with Crippen molar-refractivity contribution in [3.63, 3.8) is 0 Å². The van der Waals surface area contributed by atoms with Crippen LogP contribution in [0.4, 0.5) is 0 Å². The molecule has 4 rings (SSSR count). The van der Waals surface area contributed by atoms with Crippen LogP contribution in [-0.2, 0) is 25.8 Å². The van der Waals surface area contributed by atoms with Crippen molar-refractivity contribution in [1.82, 2.24) is 14.9 Å². The number of aromatic nitrogens is 2. The van der Waals surface area contributed by atoms with Gasteiger partial charge in [0.1, 0.15) is 12.1 Å². The Labute approximate surface area is 236 Å². The van der Waals surface area contributed by atoms with Gasteiger partial charge in [0.05, 0.1) is 18.1 Å². The minimum absolute atomic E-state index is 0.212. The first-order valence-electron chi connectivity index (χ1n) is 13.5. The Morgan fingerprint density at radius 1 is 0.900 bits per heavy atom. The Morgan fingerprint density at radius 3 is 1.95 bits per heavy atom. The van der Waals surface area contributed by atoms with Crippen LogP contribution in [0.1, 0.15) is 48.1 Å². The first-order valence-corrected chi connectivity index (χ1v) is 14.7. The van der Waals surface area contributed by atoms with E-state index in [0.29, 0.717) is 19.4 Å². The molecule has 0 aliphatic carbocycles. The lowest BCUT2D eigenvalue weighted by Gasteiger charge is -2.37. The highest BCUT2D eigenvalue weighted by Crippen LogP contribution is 2.40. The minimum atomic E-state index is -2.53. The molecule has 208 valence electrons. The smallest absolute Gasteiger partial charge is 0.355 e. The van der Waals surface area contributed by atoms with Gasteiger partial charge in [-0.2, -0.15) is 0 Å². The molecule has 2 atom stereocenters. The number of rotatable bonds is 15. The van der Waals surface area contributed by atoms with Gasteiger partial charge in [-0.3, -0.25) is 4.79 Å². The van der Waals surface area contributed by atoms with E-state index in [-0.39, 0.29) is 12.5 Å². The van der Waals surface area contributed by atoms with Gasteiger partial charge in [0, 0.05) is 23.7 Å². The van der Waals surface area contributed by atoms with Crippen molar-refractivity contribution < 1.29 is 18.8 Å². The monoisotopic (exact) mass is 559 g/mol. The van der Waals surface area contributed by atoms with Crippen LogP contribution in [0, 0.1) is 0 Å². The summed E-state index contributed by atoms with van der Waals surface area (Å²) in [4.78, 5) is 26.0. The third kappa shape index (κ3) is 7.29. The van der Waals surface area contributed by atoms with E-state index in [1.54, 1.807) is 0 Å². The number of hydrogen-bond acceptors (Lipinski definition) is 5. The molecule has 0 saturated carbocycles. The maximum Gasteiger partial charge on any atom is 0.694 e. The van der Waals surface area contributed by atoms with Crippen LogP contribution in [0.25, 0.3) is 0 Å². The molecule has 0 aliphatic heterocycles. The first kappa shape index (κ1) is 29.3. The highest BCUT2D eigenvalue weighted by atomic mass is 31.1. The number of carbonyl (C=O) groups is 1. The van der Waals surface area contributed by atoms with Crippen molar-refractivity contribution in [1.29, 1.82) is 0 Å². The molecule has 0 bridgehead atoms. The second-order valence-electron chi connectivity index (χ2n) is 9.67. The third-order valence-electron chi connectivity index (χ3n) is 6.94. The molecule has 0 spiro atoms. The van der Waals surface area contributed by atoms with Gasteiger partial charge in [0.15, 0.2) is 0 Å². The summed E-state index contributed by atoms with van der Waals surface area (Å²) in [5, 5.41) is 2.91. The van der Waals surface area contributed by atoms with Crippen LogP contribution in [0.3, 0.4) is 0 Å². The summed E-state index contributed by atoms with van der Waals surface area (Å²) in [6.07, 6.45) is 7.36. The normalized spacial score (nSPS) is 12.6. The number of carbonyl (C=O) groups excluding carboxylic acids is 1. The van der Waals surface area contributed by atoms with Gasteiger partial charge in [0.25, 0.3) is 0 Å². The Balaban J connectivity index is 1.48. The molecule has 0 radical (unpaired) electrons. The summed E-state index contributed by atoms with van der Waals surface area (Å²) in [7, 11) is -2.53. The molecule has 1 amide bonds. The number of imidazole rings is 1. The Kier molecular flexibility index (Phi) is 10.7. The van der Waals surface area contributed by atoms with Gasteiger partial charge >= 0.3 is 8.25 Å². The molecule has 1 unspecified atom stereocenters. The topological polar surface area (TPSA) is 119 Å². The number of amides is 1. The van der Waals surface area contributed by atoms with Crippen LogP contribution in [0.15, 0.2) is 104 Å². The molecule has 40 heavy (non-hydrogen) atoms. The standard InChI is InChI=1S/C31H35N4O4P/c32-29(30(36)33-20-12-1-2-13-21-39-40(37)38)22-28-23-35(24-34-28)31(25-14-6-3-7-15-25,26-16-8-4-9-17-26)27-18-10-5-11-19-27/h3-11,14-19,23-24,29H,1-2,12-13,20-22,32H2,(H-,33,36,37,38)/p+1/t29-/m0/s1. The van der Waals surface area contributed by atoms with Crippen LogP contribution in [0.2, 0.25) is 0 Å². The van der Waals surface area contributed by atoms with Gasteiger partial charge in [-0.15, -0.1) is 9.42 Å². The molecule has 4 N–H and O–H groups in total. The maximum atomic E-state index is 12.7.